The first-order chi connectivity index (χ1) is 10.5. The Morgan fingerprint density at radius 3 is 2.32 bits per heavy atom. The van der Waals surface area contributed by atoms with Crippen LogP contribution in [-0.2, 0) is 20.1 Å². The molecule has 0 bridgehead atoms. The molecule has 5 heteroatoms. The van der Waals surface area contributed by atoms with Gasteiger partial charge in [0.15, 0.2) is 0 Å². The van der Waals surface area contributed by atoms with Gasteiger partial charge in [-0.25, -0.2) is 0 Å². The molecule has 120 valence electrons. The molecule has 1 atom stereocenters. The molecule has 0 aliphatic carbocycles. The first-order valence-electron chi connectivity index (χ1n) is 7.76. The molecule has 0 saturated heterocycles. The fourth-order valence-corrected chi connectivity index (χ4v) is 2.63. The summed E-state index contributed by atoms with van der Waals surface area (Å²) in [4.78, 5) is 2.28. The highest BCUT2D eigenvalue weighted by molar-refractivity contribution is 5.14. The van der Waals surface area contributed by atoms with Gasteiger partial charge in [-0.15, -0.1) is 10.2 Å². The van der Waals surface area contributed by atoms with E-state index in [2.05, 4.69) is 41.1 Å². The number of rotatable bonds is 7. The highest BCUT2D eigenvalue weighted by Gasteiger charge is 2.23. The Morgan fingerprint density at radius 1 is 1.14 bits per heavy atom. The number of aryl methyl sites for hydroxylation is 1. The lowest BCUT2D eigenvalue weighted by molar-refractivity contribution is 0.0755. The van der Waals surface area contributed by atoms with E-state index in [1.807, 2.05) is 36.7 Å². The number of benzene rings is 1. The molecule has 1 aromatic heterocycles. The highest BCUT2D eigenvalue weighted by Crippen LogP contribution is 2.17. The summed E-state index contributed by atoms with van der Waals surface area (Å²) in [6, 6.07) is 10.4. The molecule has 0 aliphatic rings. The summed E-state index contributed by atoms with van der Waals surface area (Å²) in [6.07, 6.45) is 0. The number of aliphatic hydroxyl groups excluding tert-OH is 1. The van der Waals surface area contributed by atoms with Gasteiger partial charge in [-0.3, -0.25) is 4.90 Å². The van der Waals surface area contributed by atoms with Crippen LogP contribution in [0, 0.1) is 12.8 Å². The van der Waals surface area contributed by atoms with Gasteiger partial charge in [-0.2, -0.15) is 0 Å². The van der Waals surface area contributed by atoms with E-state index < -0.39 is 0 Å². The van der Waals surface area contributed by atoms with Gasteiger partial charge in [-0.1, -0.05) is 44.2 Å². The zero-order valence-corrected chi connectivity index (χ0v) is 13.9. The van der Waals surface area contributed by atoms with Crippen molar-refractivity contribution in [2.45, 2.75) is 39.9 Å². The lowest BCUT2D eigenvalue weighted by Gasteiger charge is -2.32. The first-order valence-corrected chi connectivity index (χ1v) is 7.76. The topological polar surface area (TPSA) is 54.2 Å². The Bertz CT molecular complexity index is 580. The van der Waals surface area contributed by atoms with Crippen LogP contribution in [0.2, 0.25) is 0 Å². The van der Waals surface area contributed by atoms with Crippen molar-refractivity contribution >= 4 is 0 Å². The van der Waals surface area contributed by atoms with E-state index in [0.717, 1.165) is 18.2 Å². The van der Waals surface area contributed by atoms with Gasteiger partial charge < -0.3 is 9.67 Å². The molecule has 5 nitrogen and oxygen atoms in total. The third-order valence-corrected chi connectivity index (χ3v) is 4.18. The summed E-state index contributed by atoms with van der Waals surface area (Å²) < 4.78 is 2.01. The van der Waals surface area contributed by atoms with Crippen LogP contribution in [0.5, 0.6) is 0 Å². The van der Waals surface area contributed by atoms with Crippen molar-refractivity contribution in [2.75, 3.05) is 6.61 Å². The van der Waals surface area contributed by atoms with Crippen molar-refractivity contribution in [3.8, 4) is 0 Å². The predicted molar refractivity (Wildman–Crippen MR) is 87.1 cm³/mol. The molecule has 2 aromatic rings. The van der Waals surface area contributed by atoms with E-state index in [9.17, 15) is 5.11 Å². The van der Waals surface area contributed by atoms with Crippen LogP contribution in [0.3, 0.4) is 0 Å². The van der Waals surface area contributed by atoms with Crippen molar-refractivity contribution in [1.82, 2.24) is 19.7 Å². The summed E-state index contributed by atoms with van der Waals surface area (Å²) in [7, 11) is 1.98. The quantitative estimate of drug-likeness (QED) is 0.851. The van der Waals surface area contributed by atoms with Gasteiger partial charge >= 0.3 is 0 Å². The van der Waals surface area contributed by atoms with Crippen LogP contribution in [0.1, 0.15) is 31.1 Å². The minimum Gasteiger partial charge on any atom is -0.395 e. The van der Waals surface area contributed by atoms with Gasteiger partial charge in [0.1, 0.15) is 11.6 Å². The summed E-state index contributed by atoms with van der Waals surface area (Å²) >= 11 is 0. The first kappa shape index (κ1) is 16.6. The number of aliphatic hydroxyl groups is 1. The molecule has 0 aliphatic heterocycles. The number of hydrogen-bond acceptors (Lipinski definition) is 4. The lowest BCUT2D eigenvalue weighted by Crippen LogP contribution is -2.41. The zero-order chi connectivity index (χ0) is 16.1. The average Bonchev–Trinajstić information content (AvgIpc) is 2.80. The van der Waals surface area contributed by atoms with E-state index >= 15 is 0 Å². The van der Waals surface area contributed by atoms with Crippen molar-refractivity contribution in [1.29, 1.82) is 0 Å². The molecule has 1 N–H and O–H groups in total. The van der Waals surface area contributed by atoms with Gasteiger partial charge in [0.25, 0.3) is 0 Å². The van der Waals surface area contributed by atoms with Gasteiger partial charge in [0.2, 0.25) is 0 Å². The van der Waals surface area contributed by atoms with Gasteiger partial charge in [0, 0.05) is 19.6 Å². The summed E-state index contributed by atoms with van der Waals surface area (Å²) in [5.74, 6) is 2.19. The Kier molecular flexibility index (Phi) is 5.69. The fraction of sp³-hybridized carbons (Fsp3) is 0.529. The van der Waals surface area contributed by atoms with E-state index in [1.165, 1.54) is 5.56 Å². The van der Waals surface area contributed by atoms with Crippen molar-refractivity contribution in [2.24, 2.45) is 13.0 Å². The molecule has 0 spiro atoms. The molecule has 2 rings (SSSR count). The van der Waals surface area contributed by atoms with Crippen molar-refractivity contribution in [3.63, 3.8) is 0 Å². The molecule has 1 unspecified atom stereocenters. The molecule has 1 heterocycles. The second kappa shape index (κ2) is 7.51. The van der Waals surface area contributed by atoms with Crippen LogP contribution < -0.4 is 0 Å². The predicted octanol–water partition coefficient (Wildman–Crippen LogP) is 2.14. The number of aromatic nitrogens is 3. The SMILES string of the molecule is Cc1nnc(CN(Cc2ccccc2)C(CO)C(C)C)n1C. The Hall–Kier alpha value is -1.72. The molecule has 22 heavy (non-hydrogen) atoms. The van der Waals surface area contributed by atoms with Crippen LogP contribution in [0.25, 0.3) is 0 Å². The van der Waals surface area contributed by atoms with Gasteiger partial charge in [0.05, 0.1) is 13.2 Å². The van der Waals surface area contributed by atoms with E-state index in [4.69, 9.17) is 0 Å². The lowest BCUT2D eigenvalue weighted by atomic mass is 10.0. The van der Waals surface area contributed by atoms with Crippen LogP contribution >= 0.6 is 0 Å². The molecule has 0 amide bonds. The summed E-state index contributed by atoms with van der Waals surface area (Å²) in [5, 5.41) is 18.2. The average molecular weight is 302 g/mol. The number of hydrogen-bond donors (Lipinski definition) is 1. The zero-order valence-electron chi connectivity index (χ0n) is 13.9. The molecule has 0 radical (unpaired) electrons. The maximum Gasteiger partial charge on any atom is 0.146 e. The van der Waals surface area contributed by atoms with Crippen molar-refractivity contribution < 1.29 is 5.11 Å². The molecule has 0 saturated carbocycles. The maximum absolute atomic E-state index is 9.81. The second-order valence-electron chi connectivity index (χ2n) is 6.11. The van der Waals surface area contributed by atoms with Crippen LogP contribution in [-0.4, -0.2) is 37.4 Å². The van der Waals surface area contributed by atoms with Gasteiger partial charge in [-0.05, 0) is 18.4 Å². The smallest absolute Gasteiger partial charge is 0.146 e. The Morgan fingerprint density at radius 2 is 1.82 bits per heavy atom. The minimum atomic E-state index is 0.0946. The highest BCUT2D eigenvalue weighted by atomic mass is 16.3. The minimum absolute atomic E-state index is 0.0946. The van der Waals surface area contributed by atoms with E-state index in [0.29, 0.717) is 12.5 Å². The second-order valence-corrected chi connectivity index (χ2v) is 6.11. The largest absolute Gasteiger partial charge is 0.395 e. The maximum atomic E-state index is 9.81. The molecular weight excluding hydrogens is 276 g/mol. The van der Waals surface area contributed by atoms with Crippen LogP contribution in [0.4, 0.5) is 0 Å². The third kappa shape index (κ3) is 3.93. The summed E-state index contributed by atoms with van der Waals surface area (Å²) in [6.45, 7) is 7.83. The molecular formula is C17H26N4O. The molecule has 1 aromatic carbocycles. The van der Waals surface area contributed by atoms with Crippen molar-refractivity contribution in [3.05, 3.63) is 47.5 Å². The molecule has 0 fully saturated rings. The normalized spacial score (nSPS) is 13.0. The summed E-state index contributed by atoms with van der Waals surface area (Å²) in [5.41, 5.74) is 1.24. The van der Waals surface area contributed by atoms with E-state index in [-0.39, 0.29) is 12.6 Å². The Labute approximate surface area is 132 Å². The monoisotopic (exact) mass is 302 g/mol. The Balaban J connectivity index is 2.22. The standard InChI is InChI=1S/C17H26N4O/c1-13(2)16(12-22)21(10-15-8-6-5-7-9-15)11-17-19-18-14(3)20(17)4/h5-9,13,16,22H,10-12H2,1-4H3. The fourth-order valence-electron chi connectivity index (χ4n) is 2.63. The van der Waals surface area contributed by atoms with Crippen LogP contribution in [0.15, 0.2) is 30.3 Å². The number of nitrogens with zero attached hydrogens (tertiary/aromatic N) is 4. The van der Waals surface area contributed by atoms with E-state index in [1.54, 1.807) is 0 Å². The third-order valence-electron chi connectivity index (χ3n) is 4.18.